The second-order valence-electron chi connectivity index (χ2n) is 5.49. The van der Waals surface area contributed by atoms with Gasteiger partial charge in [-0.25, -0.2) is 0 Å². The maximum Gasteiger partial charge on any atom is 0.573 e. The first-order valence-corrected chi connectivity index (χ1v) is 7.20. The van der Waals surface area contributed by atoms with Gasteiger partial charge >= 0.3 is 6.36 Å². The van der Waals surface area contributed by atoms with E-state index in [1.54, 1.807) is 4.90 Å². The highest BCUT2D eigenvalue weighted by atomic mass is 35.5. The molecule has 1 aliphatic heterocycles. The van der Waals surface area contributed by atoms with E-state index in [2.05, 4.69) is 4.74 Å². The van der Waals surface area contributed by atoms with E-state index < -0.39 is 6.36 Å². The molecule has 0 bridgehead atoms. The Morgan fingerprint density at radius 1 is 1.30 bits per heavy atom. The monoisotopic (exact) mass is 352 g/mol. The van der Waals surface area contributed by atoms with E-state index in [4.69, 9.17) is 5.73 Å². The lowest BCUT2D eigenvalue weighted by Crippen LogP contribution is -2.51. The van der Waals surface area contributed by atoms with Crippen molar-refractivity contribution in [3.8, 4) is 5.75 Å². The van der Waals surface area contributed by atoms with Gasteiger partial charge in [0.2, 0.25) is 0 Å². The molecule has 1 aliphatic rings. The molecule has 1 aromatic rings. The van der Waals surface area contributed by atoms with Crippen LogP contribution in [0.2, 0.25) is 0 Å². The highest BCUT2D eigenvalue weighted by Crippen LogP contribution is 2.25. The summed E-state index contributed by atoms with van der Waals surface area (Å²) in [5.74, 6) is -0.549. The normalized spacial score (nSPS) is 19.7. The Balaban J connectivity index is 0.00000264. The molecule has 2 atom stereocenters. The molecule has 8 heteroatoms. The van der Waals surface area contributed by atoms with Crippen LogP contribution in [0.1, 0.15) is 36.5 Å². The predicted octanol–water partition coefficient (Wildman–Crippen LogP) is 3.35. The Morgan fingerprint density at radius 2 is 1.91 bits per heavy atom. The van der Waals surface area contributed by atoms with Crippen molar-refractivity contribution in [2.45, 2.75) is 44.6 Å². The fourth-order valence-corrected chi connectivity index (χ4v) is 2.72. The summed E-state index contributed by atoms with van der Waals surface area (Å²) >= 11 is 0. The van der Waals surface area contributed by atoms with Crippen molar-refractivity contribution in [3.05, 3.63) is 29.8 Å². The zero-order chi connectivity index (χ0) is 16.3. The van der Waals surface area contributed by atoms with E-state index in [1.165, 1.54) is 12.1 Å². The fraction of sp³-hybridized carbons (Fsp3) is 0.533. The van der Waals surface area contributed by atoms with Gasteiger partial charge in [-0.1, -0.05) is 0 Å². The molecule has 1 fully saturated rings. The first kappa shape index (κ1) is 19.6. The largest absolute Gasteiger partial charge is 0.573 e. The van der Waals surface area contributed by atoms with E-state index in [1.807, 2.05) is 6.92 Å². The number of piperidine rings is 1. The first-order valence-electron chi connectivity index (χ1n) is 7.20. The van der Waals surface area contributed by atoms with Crippen LogP contribution in [0, 0.1) is 0 Å². The van der Waals surface area contributed by atoms with Gasteiger partial charge in [0.25, 0.3) is 5.91 Å². The molecule has 1 amide bonds. The average molecular weight is 353 g/mol. The molecule has 23 heavy (non-hydrogen) atoms. The number of nitrogens with two attached hydrogens (primary N) is 1. The van der Waals surface area contributed by atoms with Gasteiger partial charge in [0.1, 0.15) is 5.75 Å². The van der Waals surface area contributed by atoms with Gasteiger partial charge in [-0.05, 0) is 50.5 Å². The van der Waals surface area contributed by atoms with E-state index in [0.29, 0.717) is 12.1 Å². The van der Waals surface area contributed by atoms with Crippen molar-refractivity contribution >= 4 is 18.3 Å². The van der Waals surface area contributed by atoms with Gasteiger partial charge in [-0.3, -0.25) is 4.79 Å². The number of amides is 1. The van der Waals surface area contributed by atoms with Crippen LogP contribution in [-0.2, 0) is 0 Å². The average Bonchev–Trinajstić information content (AvgIpc) is 2.45. The summed E-state index contributed by atoms with van der Waals surface area (Å²) in [5, 5.41) is 0. The maximum absolute atomic E-state index is 12.5. The number of ether oxygens (including phenoxy) is 1. The first-order chi connectivity index (χ1) is 10.3. The number of alkyl halides is 3. The number of halogens is 4. The topological polar surface area (TPSA) is 55.6 Å². The highest BCUT2D eigenvalue weighted by Gasteiger charge is 2.32. The van der Waals surface area contributed by atoms with E-state index >= 15 is 0 Å². The van der Waals surface area contributed by atoms with Crippen LogP contribution in [0.4, 0.5) is 13.2 Å². The Bertz CT molecular complexity index is 520. The third-order valence-corrected chi connectivity index (χ3v) is 3.75. The van der Waals surface area contributed by atoms with Gasteiger partial charge in [0, 0.05) is 24.2 Å². The zero-order valence-corrected chi connectivity index (χ0v) is 13.5. The number of hydrogen-bond acceptors (Lipinski definition) is 3. The van der Waals surface area contributed by atoms with Crippen LogP contribution in [0.15, 0.2) is 24.3 Å². The minimum absolute atomic E-state index is 0. The van der Waals surface area contributed by atoms with Crippen LogP contribution in [0.5, 0.6) is 5.75 Å². The van der Waals surface area contributed by atoms with Crippen LogP contribution in [0.25, 0.3) is 0 Å². The number of benzene rings is 1. The molecule has 1 heterocycles. The predicted molar refractivity (Wildman–Crippen MR) is 82.7 cm³/mol. The molecule has 1 aromatic carbocycles. The molecule has 0 radical (unpaired) electrons. The molecule has 130 valence electrons. The SMILES string of the molecule is CC(N)C1CCCCN1C(=O)c1ccc(OC(F)(F)F)cc1.Cl. The van der Waals surface area contributed by atoms with Crippen molar-refractivity contribution in [3.63, 3.8) is 0 Å². The number of carbonyl (C=O) groups excluding carboxylic acids is 1. The van der Waals surface area contributed by atoms with E-state index in [0.717, 1.165) is 31.4 Å². The number of nitrogens with zero attached hydrogens (tertiary/aromatic N) is 1. The molecule has 2 N–H and O–H groups in total. The Kier molecular flexibility index (Phi) is 6.70. The molecule has 1 saturated heterocycles. The zero-order valence-electron chi connectivity index (χ0n) is 12.7. The van der Waals surface area contributed by atoms with Crippen molar-refractivity contribution in [2.24, 2.45) is 5.73 Å². The smallest absolute Gasteiger partial charge is 0.406 e. The summed E-state index contributed by atoms with van der Waals surface area (Å²) in [6.45, 7) is 2.47. The molecular formula is C15H20ClF3N2O2. The maximum atomic E-state index is 12.5. The quantitative estimate of drug-likeness (QED) is 0.907. The molecular weight excluding hydrogens is 333 g/mol. The Labute approximate surface area is 139 Å². The lowest BCUT2D eigenvalue weighted by Gasteiger charge is -2.38. The van der Waals surface area contributed by atoms with Crippen molar-refractivity contribution in [1.29, 1.82) is 0 Å². The summed E-state index contributed by atoms with van der Waals surface area (Å²) < 4.78 is 40.2. The van der Waals surface area contributed by atoms with Gasteiger partial charge in [-0.15, -0.1) is 25.6 Å². The fourth-order valence-electron chi connectivity index (χ4n) is 2.72. The number of likely N-dealkylation sites (tertiary alicyclic amines) is 1. The lowest BCUT2D eigenvalue weighted by atomic mass is 9.96. The van der Waals surface area contributed by atoms with Gasteiger partial charge in [0.05, 0.1) is 0 Å². The minimum atomic E-state index is -4.74. The summed E-state index contributed by atoms with van der Waals surface area (Å²) in [5.41, 5.74) is 6.26. The molecule has 0 aliphatic carbocycles. The van der Waals surface area contributed by atoms with E-state index in [9.17, 15) is 18.0 Å². The van der Waals surface area contributed by atoms with Crippen molar-refractivity contribution < 1.29 is 22.7 Å². The molecule has 2 unspecified atom stereocenters. The van der Waals surface area contributed by atoms with Gasteiger partial charge in [0.15, 0.2) is 0 Å². The van der Waals surface area contributed by atoms with Crippen LogP contribution in [-0.4, -0.2) is 35.8 Å². The molecule has 0 spiro atoms. The third kappa shape index (κ3) is 5.28. The van der Waals surface area contributed by atoms with Crippen LogP contribution in [0.3, 0.4) is 0 Å². The summed E-state index contributed by atoms with van der Waals surface area (Å²) in [6.07, 6.45) is -1.96. The van der Waals surface area contributed by atoms with Gasteiger partial charge < -0.3 is 15.4 Å². The molecule has 0 saturated carbocycles. The third-order valence-electron chi connectivity index (χ3n) is 3.75. The molecule has 2 rings (SSSR count). The summed E-state index contributed by atoms with van der Waals surface area (Å²) in [4.78, 5) is 14.2. The van der Waals surface area contributed by atoms with Crippen LogP contribution >= 0.6 is 12.4 Å². The molecule has 4 nitrogen and oxygen atoms in total. The van der Waals surface area contributed by atoms with Crippen LogP contribution < -0.4 is 10.5 Å². The standard InChI is InChI=1S/C15H19F3N2O2.ClH/c1-10(19)13-4-2-3-9-20(13)14(21)11-5-7-12(8-6-11)22-15(16,17)18;/h5-8,10,13H,2-4,9,19H2,1H3;1H. The van der Waals surface area contributed by atoms with E-state index in [-0.39, 0.29) is 36.1 Å². The van der Waals surface area contributed by atoms with Crippen molar-refractivity contribution in [2.75, 3.05) is 6.54 Å². The second kappa shape index (κ2) is 7.88. The number of carbonyl (C=O) groups is 1. The second-order valence-corrected chi connectivity index (χ2v) is 5.49. The summed E-state index contributed by atoms with van der Waals surface area (Å²) in [6, 6.07) is 4.80. The minimum Gasteiger partial charge on any atom is -0.406 e. The lowest BCUT2D eigenvalue weighted by molar-refractivity contribution is -0.274. The number of rotatable bonds is 3. The Hall–Kier alpha value is -1.47. The Morgan fingerprint density at radius 3 is 2.43 bits per heavy atom. The highest BCUT2D eigenvalue weighted by molar-refractivity contribution is 5.94. The summed E-state index contributed by atoms with van der Waals surface area (Å²) in [7, 11) is 0. The number of hydrogen-bond donors (Lipinski definition) is 1. The van der Waals surface area contributed by atoms with Crippen molar-refractivity contribution in [1.82, 2.24) is 4.90 Å². The van der Waals surface area contributed by atoms with Gasteiger partial charge in [-0.2, -0.15) is 0 Å². The molecule has 0 aromatic heterocycles.